The van der Waals surface area contributed by atoms with E-state index < -0.39 is 128 Å². The minimum Gasteiger partial charge on any atom is -0.480 e. The fourth-order valence-electron chi connectivity index (χ4n) is 5.95. The number of carboxylic acid groups (broad SMARTS) is 1. The number of benzene rings is 2. The molecule has 354 valence electrons. The third-order valence-corrected chi connectivity index (χ3v) is 9.72. The first-order valence-corrected chi connectivity index (χ1v) is 20.4. The Hall–Kier alpha value is -6.08. The number of hydrogen-bond acceptors (Lipinski definition) is 15. The molecule has 2 rings (SSSR count). The molecule has 23 heteroatoms. The number of hydrogen-bond donors (Lipinski definition) is 15. The Bertz CT molecular complexity index is 1840. The molecule has 10 atom stereocenters. The van der Waals surface area contributed by atoms with Crippen molar-refractivity contribution in [2.75, 3.05) is 26.4 Å². The molecule has 0 aromatic heterocycles. The first-order valence-electron chi connectivity index (χ1n) is 20.4. The van der Waals surface area contributed by atoms with E-state index in [1.54, 1.807) is 60.7 Å². The maximum atomic E-state index is 13.8. The lowest BCUT2D eigenvalue weighted by molar-refractivity contribution is -0.142. The Kier molecular flexibility index (Phi) is 23.5. The predicted octanol–water partition coefficient (Wildman–Crippen LogP) is -5.86. The molecular weight excluding hydrogens is 842 g/mol. The normalized spacial score (nSPS) is 15.8. The standard InChI is InChI=1S/C41H61N9O14/c1-22(54)32(43)39(61)49-30(20-52)37(59)48-29(19-51)36(58)45-27(17-24-11-5-3-6-12-24)35(57)47-31(21-53)38(60)50-33(23(2)55)40(62)46-28(18-25-13-7-4-8-14-25)34(56)44-26(41(63)64)15-9-10-16-42/h3-8,11-14,22-23,26-33,51-55H,9-10,15-21,42-43H2,1-2H3,(H,44,56)(H,45,58)(H,46,62)(H,47,57)(H,48,59)(H,49,61)(H,50,60)(H,63,64)/t22-,23-,26+,27+,28+,29+,30+,31+,32+,33+/m1/s1. The van der Waals surface area contributed by atoms with Crippen LogP contribution >= 0.6 is 0 Å². The third-order valence-electron chi connectivity index (χ3n) is 9.72. The van der Waals surface area contributed by atoms with Crippen LogP contribution in [0.2, 0.25) is 0 Å². The number of carboxylic acids is 1. The monoisotopic (exact) mass is 903 g/mol. The number of rotatable bonds is 28. The number of aliphatic carboxylic acids is 1. The van der Waals surface area contributed by atoms with Crippen molar-refractivity contribution in [1.82, 2.24) is 37.2 Å². The van der Waals surface area contributed by atoms with Crippen LogP contribution in [-0.2, 0) is 51.2 Å². The summed E-state index contributed by atoms with van der Waals surface area (Å²) in [5.74, 6) is -8.82. The maximum absolute atomic E-state index is 13.8. The number of aliphatic hydroxyl groups excluding tert-OH is 5. The zero-order valence-electron chi connectivity index (χ0n) is 35.5. The second-order valence-electron chi connectivity index (χ2n) is 14.9. The van der Waals surface area contributed by atoms with E-state index in [4.69, 9.17) is 11.5 Å². The highest BCUT2D eigenvalue weighted by atomic mass is 16.4. The molecule has 0 aliphatic rings. The summed E-state index contributed by atoms with van der Waals surface area (Å²) in [5, 5.41) is 75.8. The first kappa shape index (κ1) is 54.1. The Labute approximate surface area is 369 Å². The average Bonchev–Trinajstić information content (AvgIpc) is 3.27. The number of carbonyl (C=O) groups is 8. The van der Waals surface area contributed by atoms with Gasteiger partial charge in [-0.15, -0.1) is 0 Å². The molecule has 2 aromatic carbocycles. The lowest BCUT2D eigenvalue weighted by Gasteiger charge is -2.28. The van der Waals surface area contributed by atoms with Crippen molar-refractivity contribution < 1.29 is 69.0 Å². The van der Waals surface area contributed by atoms with Crippen molar-refractivity contribution in [3.63, 3.8) is 0 Å². The van der Waals surface area contributed by atoms with Gasteiger partial charge in [-0.2, -0.15) is 0 Å². The van der Waals surface area contributed by atoms with Gasteiger partial charge in [0.25, 0.3) is 0 Å². The quantitative estimate of drug-likeness (QED) is 0.0354. The average molecular weight is 904 g/mol. The highest BCUT2D eigenvalue weighted by molar-refractivity contribution is 5.98. The summed E-state index contributed by atoms with van der Waals surface area (Å²) in [7, 11) is 0. The van der Waals surface area contributed by atoms with E-state index in [9.17, 15) is 69.0 Å². The summed E-state index contributed by atoms with van der Waals surface area (Å²) in [6, 6.07) is 3.70. The molecule has 0 heterocycles. The van der Waals surface area contributed by atoms with Crippen molar-refractivity contribution in [1.29, 1.82) is 0 Å². The molecule has 0 bridgehead atoms. The van der Waals surface area contributed by atoms with Crippen molar-refractivity contribution in [3.05, 3.63) is 71.8 Å². The maximum Gasteiger partial charge on any atom is 0.326 e. The number of nitrogens with two attached hydrogens (primary N) is 2. The Morgan fingerprint density at radius 3 is 1.23 bits per heavy atom. The van der Waals surface area contributed by atoms with E-state index in [1.807, 2.05) is 0 Å². The molecule has 0 saturated heterocycles. The van der Waals surface area contributed by atoms with Gasteiger partial charge in [-0.3, -0.25) is 33.6 Å². The zero-order chi connectivity index (χ0) is 47.9. The molecule has 0 unspecified atom stereocenters. The highest BCUT2D eigenvalue weighted by Crippen LogP contribution is 2.09. The summed E-state index contributed by atoms with van der Waals surface area (Å²) in [5.41, 5.74) is 12.1. The lowest BCUT2D eigenvalue weighted by Crippen LogP contribution is -2.63. The van der Waals surface area contributed by atoms with E-state index in [2.05, 4.69) is 37.2 Å². The summed E-state index contributed by atoms with van der Waals surface area (Å²) >= 11 is 0. The predicted molar refractivity (Wildman–Crippen MR) is 227 cm³/mol. The Morgan fingerprint density at radius 2 is 0.859 bits per heavy atom. The van der Waals surface area contributed by atoms with Crippen molar-refractivity contribution in [2.45, 2.75) is 106 Å². The fraction of sp³-hybridized carbons (Fsp3) is 0.512. The zero-order valence-corrected chi connectivity index (χ0v) is 35.5. The fourth-order valence-corrected chi connectivity index (χ4v) is 5.95. The van der Waals surface area contributed by atoms with Gasteiger partial charge in [-0.25, -0.2) is 4.79 Å². The minimum atomic E-state index is -1.82. The van der Waals surface area contributed by atoms with Crippen molar-refractivity contribution >= 4 is 47.3 Å². The first-order chi connectivity index (χ1) is 30.4. The van der Waals surface area contributed by atoms with Gasteiger partial charge in [0.15, 0.2) is 0 Å². The summed E-state index contributed by atoms with van der Waals surface area (Å²) in [6.07, 6.45) is -2.38. The van der Waals surface area contributed by atoms with E-state index in [1.165, 1.54) is 6.92 Å². The van der Waals surface area contributed by atoms with Crippen LogP contribution in [0, 0.1) is 0 Å². The molecule has 23 nitrogen and oxygen atoms in total. The van der Waals surface area contributed by atoms with Crippen LogP contribution in [-0.4, -0.2) is 165 Å². The van der Waals surface area contributed by atoms with Crippen LogP contribution in [0.3, 0.4) is 0 Å². The van der Waals surface area contributed by atoms with Gasteiger partial charge in [0.05, 0.1) is 32.0 Å². The molecule has 17 N–H and O–H groups in total. The van der Waals surface area contributed by atoms with Gasteiger partial charge in [-0.05, 0) is 50.8 Å². The third kappa shape index (κ3) is 18.0. The van der Waals surface area contributed by atoms with Crippen molar-refractivity contribution in [3.8, 4) is 0 Å². The molecule has 7 amide bonds. The second-order valence-corrected chi connectivity index (χ2v) is 14.9. The molecule has 0 spiro atoms. The smallest absolute Gasteiger partial charge is 0.326 e. The highest BCUT2D eigenvalue weighted by Gasteiger charge is 2.35. The van der Waals surface area contributed by atoms with Gasteiger partial charge in [0, 0.05) is 12.8 Å². The Balaban J connectivity index is 2.29. The molecule has 64 heavy (non-hydrogen) atoms. The van der Waals surface area contributed by atoms with Crippen LogP contribution < -0.4 is 48.7 Å². The SMILES string of the molecule is C[C@@H](O)[C@H](N)C(=O)N[C@@H](CO)C(=O)N[C@@H](CO)C(=O)N[C@@H](Cc1ccccc1)C(=O)N[C@@H](CO)C(=O)N[C@H](C(=O)N[C@@H](Cc1ccccc1)C(=O)N[C@@H](CCCCN)C(=O)O)[C@@H](C)O. The molecule has 0 aliphatic carbocycles. The number of unbranched alkanes of at least 4 members (excludes halogenated alkanes) is 1. The second kappa shape index (κ2) is 27.9. The largest absolute Gasteiger partial charge is 0.480 e. The van der Waals surface area contributed by atoms with Gasteiger partial charge in [0.1, 0.15) is 48.3 Å². The molecular formula is C41H61N9O14. The van der Waals surface area contributed by atoms with Crippen LogP contribution in [0.1, 0.15) is 44.2 Å². The lowest BCUT2D eigenvalue weighted by atomic mass is 10.0. The van der Waals surface area contributed by atoms with Crippen molar-refractivity contribution in [2.24, 2.45) is 11.5 Å². The van der Waals surface area contributed by atoms with Gasteiger partial charge in [0.2, 0.25) is 41.4 Å². The van der Waals surface area contributed by atoms with Crippen LogP contribution in [0.4, 0.5) is 0 Å². The van der Waals surface area contributed by atoms with E-state index in [-0.39, 0.29) is 19.3 Å². The summed E-state index contributed by atoms with van der Waals surface area (Å²) in [6.45, 7) is -0.418. The number of aliphatic hydroxyl groups is 5. The van der Waals surface area contributed by atoms with Gasteiger partial charge in [-0.1, -0.05) is 60.7 Å². The van der Waals surface area contributed by atoms with E-state index in [0.29, 0.717) is 30.5 Å². The van der Waals surface area contributed by atoms with E-state index >= 15 is 0 Å². The van der Waals surface area contributed by atoms with E-state index in [0.717, 1.165) is 6.92 Å². The van der Waals surface area contributed by atoms with Crippen LogP contribution in [0.15, 0.2) is 60.7 Å². The van der Waals surface area contributed by atoms with Crippen LogP contribution in [0.5, 0.6) is 0 Å². The Morgan fingerprint density at radius 1 is 0.500 bits per heavy atom. The molecule has 0 radical (unpaired) electrons. The topological polar surface area (TPSA) is 394 Å². The van der Waals surface area contributed by atoms with Gasteiger partial charge >= 0.3 is 5.97 Å². The minimum absolute atomic E-state index is 0.0491. The number of nitrogens with one attached hydrogen (secondary N) is 7. The molecule has 2 aromatic rings. The number of carbonyl (C=O) groups excluding carboxylic acids is 7. The molecule has 0 fully saturated rings. The summed E-state index contributed by atoms with van der Waals surface area (Å²) in [4.78, 5) is 105. The molecule has 0 saturated carbocycles. The van der Waals surface area contributed by atoms with Crippen LogP contribution in [0.25, 0.3) is 0 Å². The van der Waals surface area contributed by atoms with Gasteiger partial charge < -0.3 is 79.3 Å². The molecule has 0 aliphatic heterocycles. The number of amides is 7. The summed E-state index contributed by atoms with van der Waals surface area (Å²) < 4.78 is 0.